The van der Waals surface area contributed by atoms with Gasteiger partial charge < -0.3 is 10.1 Å². The van der Waals surface area contributed by atoms with E-state index in [2.05, 4.69) is 10.3 Å². The van der Waals surface area contributed by atoms with Crippen molar-refractivity contribution >= 4 is 29.1 Å². The molecule has 0 saturated carbocycles. The van der Waals surface area contributed by atoms with Crippen LogP contribution in [0.25, 0.3) is 0 Å². The first-order valence-electron chi connectivity index (χ1n) is 5.13. The van der Waals surface area contributed by atoms with Gasteiger partial charge in [0.1, 0.15) is 10.3 Å². The third kappa shape index (κ3) is 4.50. The predicted octanol–water partition coefficient (Wildman–Crippen LogP) is 2.40. The number of rotatable bonds is 5. The van der Waals surface area contributed by atoms with Gasteiger partial charge in [0.15, 0.2) is 0 Å². The molecule has 0 bridgehead atoms. The fraction of sp³-hybridized carbons (Fsp3) is 0.455. The molecule has 1 unspecified atom stereocenters. The molecule has 0 spiro atoms. The highest BCUT2D eigenvalue weighted by atomic mass is 35.5. The number of carbonyl (C=O) groups is 1. The fourth-order valence-corrected chi connectivity index (χ4v) is 1.72. The summed E-state index contributed by atoms with van der Waals surface area (Å²) in [5, 5.41) is 3.13. The maximum atomic E-state index is 11.8. The molecule has 1 heterocycles. The lowest BCUT2D eigenvalue weighted by Crippen LogP contribution is -2.30. The average molecular weight is 277 g/mol. The molecule has 0 aliphatic carbocycles. The molecule has 4 nitrogen and oxygen atoms in total. The third-order valence-corrected chi connectivity index (χ3v) is 2.62. The van der Waals surface area contributed by atoms with E-state index < -0.39 is 0 Å². The van der Waals surface area contributed by atoms with Crippen molar-refractivity contribution in [2.75, 3.05) is 20.3 Å². The number of carbonyl (C=O) groups excluding carboxylic acids is 1. The van der Waals surface area contributed by atoms with E-state index in [9.17, 15) is 4.79 Å². The second kappa shape index (κ2) is 6.79. The Hall–Kier alpha value is -0.840. The molecule has 1 N–H and O–H groups in total. The number of nitrogens with one attached hydrogen (secondary N) is 1. The highest BCUT2D eigenvalue weighted by Crippen LogP contribution is 2.16. The van der Waals surface area contributed by atoms with Crippen LogP contribution in [0.5, 0.6) is 0 Å². The second-order valence-corrected chi connectivity index (χ2v) is 4.49. The zero-order chi connectivity index (χ0) is 12.8. The minimum absolute atomic E-state index is 0.106. The number of hydrogen-bond donors (Lipinski definition) is 1. The standard InChI is InChI=1S/C11H14Cl2N2O2/c1-7(6-17-2)5-14-11(16)8-3-4-9(12)15-10(8)13/h3-4,7H,5-6H2,1-2H3,(H,14,16). The van der Waals surface area contributed by atoms with Gasteiger partial charge in [0, 0.05) is 13.7 Å². The van der Waals surface area contributed by atoms with Gasteiger partial charge in [-0.2, -0.15) is 0 Å². The highest BCUT2D eigenvalue weighted by molar-refractivity contribution is 6.34. The van der Waals surface area contributed by atoms with Crippen molar-refractivity contribution in [2.24, 2.45) is 5.92 Å². The van der Waals surface area contributed by atoms with E-state index in [4.69, 9.17) is 27.9 Å². The quantitative estimate of drug-likeness (QED) is 0.841. The van der Waals surface area contributed by atoms with Crippen LogP contribution in [-0.4, -0.2) is 31.2 Å². The first-order chi connectivity index (χ1) is 8.04. The highest BCUT2D eigenvalue weighted by Gasteiger charge is 2.12. The second-order valence-electron chi connectivity index (χ2n) is 3.74. The van der Waals surface area contributed by atoms with Gasteiger partial charge in [-0.3, -0.25) is 4.79 Å². The van der Waals surface area contributed by atoms with Gasteiger partial charge in [-0.25, -0.2) is 4.98 Å². The van der Waals surface area contributed by atoms with Crippen LogP contribution >= 0.6 is 23.2 Å². The molecular formula is C11H14Cl2N2O2. The molecule has 0 aliphatic heterocycles. The lowest BCUT2D eigenvalue weighted by molar-refractivity contribution is 0.0934. The lowest BCUT2D eigenvalue weighted by Gasteiger charge is -2.11. The zero-order valence-electron chi connectivity index (χ0n) is 9.67. The van der Waals surface area contributed by atoms with Gasteiger partial charge in [-0.05, 0) is 18.1 Å². The minimum Gasteiger partial charge on any atom is -0.384 e. The number of aromatic nitrogens is 1. The van der Waals surface area contributed by atoms with Crippen LogP contribution < -0.4 is 5.32 Å². The summed E-state index contributed by atoms with van der Waals surface area (Å²) < 4.78 is 4.97. The van der Waals surface area contributed by atoms with Crippen LogP contribution in [0.4, 0.5) is 0 Å². The van der Waals surface area contributed by atoms with Crippen molar-refractivity contribution in [2.45, 2.75) is 6.92 Å². The molecule has 1 aromatic rings. The summed E-state index contributed by atoms with van der Waals surface area (Å²) in [4.78, 5) is 15.6. The number of amides is 1. The average Bonchev–Trinajstić information content (AvgIpc) is 2.26. The number of hydrogen-bond acceptors (Lipinski definition) is 3. The van der Waals surface area contributed by atoms with E-state index in [-0.39, 0.29) is 22.1 Å². The Morgan fingerprint density at radius 1 is 1.53 bits per heavy atom. The zero-order valence-corrected chi connectivity index (χ0v) is 11.2. The lowest BCUT2D eigenvalue weighted by atomic mass is 10.2. The first-order valence-corrected chi connectivity index (χ1v) is 5.89. The van der Waals surface area contributed by atoms with Crippen LogP contribution in [-0.2, 0) is 4.74 Å². The first kappa shape index (κ1) is 14.2. The Kier molecular flexibility index (Phi) is 5.68. The number of nitrogens with zero attached hydrogens (tertiary/aromatic N) is 1. The topological polar surface area (TPSA) is 51.2 Å². The SMILES string of the molecule is COCC(C)CNC(=O)c1ccc(Cl)nc1Cl. The molecule has 0 saturated heterocycles. The summed E-state index contributed by atoms with van der Waals surface area (Å²) in [7, 11) is 1.62. The van der Waals surface area contributed by atoms with E-state index in [0.29, 0.717) is 18.7 Å². The van der Waals surface area contributed by atoms with E-state index >= 15 is 0 Å². The Labute approximate surface area is 110 Å². The molecule has 94 valence electrons. The summed E-state index contributed by atoms with van der Waals surface area (Å²) in [5.74, 6) is -0.0231. The van der Waals surface area contributed by atoms with E-state index in [1.165, 1.54) is 6.07 Å². The number of ether oxygens (including phenoxy) is 1. The number of halogens is 2. The summed E-state index contributed by atoms with van der Waals surface area (Å²) in [6.45, 7) is 3.09. The van der Waals surface area contributed by atoms with Crippen molar-refractivity contribution in [3.63, 3.8) is 0 Å². The van der Waals surface area contributed by atoms with E-state index in [1.54, 1.807) is 13.2 Å². The van der Waals surface area contributed by atoms with Gasteiger partial charge >= 0.3 is 0 Å². The van der Waals surface area contributed by atoms with Crippen LogP contribution in [0.3, 0.4) is 0 Å². The molecule has 17 heavy (non-hydrogen) atoms. The van der Waals surface area contributed by atoms with E-state index in [1.807, 2.05) is 6.92 Å². The Morgan fingerprint density at radius 2 is 2.24 bits per heavy atom. The summed E-state index contributed by atoms with van der Waals surface area (Å²) in [6, 6.07) is 3.08. The maximum absolute atomic E-state index is 11.8. The number of methoxy groups -OCH3 is 1. The molecule has 1 aromatic heterocycles. The van der Waals surface area contributed by atoms with Gasteiger partial charge in [0.05, 0.1) is 12.2 Å². The Balaban J connectivity index is 2.58. The van der Waals surface area contributed by atoms with Gasteiger partial charge in [0.25, 0.3) is 5.91 Å². The van der Waals surface area contributed by atoms with Crippen molar-refractivity contribution < 1.29 is 9.53 Å². The fourth-order valence-electron chi connectivity index (χ4n) is 1.29. The molecular weight excluding hydrogens is 263 g/mol. The molecule has 1 atom stereocenters. The van der Waals surface area contributed by atoms with Crippen molar-refractivity contribution in [1.82, 2.24) is 10.3 Å². The van der Waals surface area contributed by atoms with E-state index in [0.717, 1.165) is 0 Å². The molecule has 1 amide bonds. The molecule has 0 fully saturated rings. The normalized spacial score (nSPS) is 12.2. The van der Waals surface area contributed by atoms with Crippen LogP contribution in [0.1, 0.15) is 17.3 Å². The predicted molar refractivity (Wildman–Crippen MR) is 67.6 cm³/mol. The van der Waals surface area contributed by atoms with Crippen LogP contribution in [0, 0.1) is 5.92 Å². The maximum Gasteiger partial charge on any atom is 0.254 e. The van der Waals surface area contributed by atoms with Crippen LogP contribution in [0.2, 0.25) is 10.3 Å². The molecule has 1 rings (SSSR count). The smallest absolute Gasteiger partial charge is 0.254 e. The molecule has 0 aliphatic rings. The molecule has 0 aromatic carbocycles. The van der Waals surface area contributed by atoms with Crippen molar-refractivity contribution in [1.29, 1.82) is 0 Å². The summed E-state index contributed by atoms with van der Waals surface area (Å²) in [6.07, 6.45) is 0. The number of pyridine rings is 1. The monoisotopic (exact) mass is 276 g/mol. The summed E-state index contributed by atoms with van der Waals surface area (Å²) >= 11 is 11.5. The summed E-state index contributed by atoms with van der Waals surface area (Å²) in [5.41, 5.74) is 0.320. The van der Waals surface area contributed by atoms with Gasteiger partial charge in [-0.1, -0.05) is 30.1 Å². The largest absolute Gasteiger partial charge is 0.384 e. The molecule has 6 heteroatoms. The third-order valence-electron chi connectivity index (χ3n) is 2.12. The van der Waals surface area contributed by atoms with Gasteiger partial charge in [-0.15, -0.1) is 0 Å². The molecule has 0 radical (unpaired) electrons. The Morgan fingerprint density at radius 3 is 2.82 bits per heavy atom. The van der Waals surface area contributed by atoms with Crippen LogP contribution in [0.15, 0.2) is 12.1 Å². The van der Waals surface area contributed by atoms with Crippen molar-refractivity contribution in [3.05, 3.63) is 28.0 Å². The van der Waals surface area contributed by atoms with Gasteiger partial charge in [0.2, 0.25) is 0 Å². The van der Waals surface area contributed by atoms with Crippen molar-refractivity contribution in [3.8, 4) is 0 Å². The minimum atomic E-state index is -0.262. The Bertz CT molecular complexity index is 399.